The van der Waals surface area contributed by atoms with Crippen LogP contribution in [0.5, 0.6) is 0 Å². The van der Waals surface area contributed by atoms with E-state index >= 15 is 0 Å². The van der Waals surface area contributed by atoms with E-state index in [2.05, 4.69) is 11.1 Å². The second kappa shape index (κ2) is 7.37. The Morgan fingerprint density at radius 3 is 2.66 bits per heavy atom. The lowest BCUT2D eigenvalue weighted by atomic mass is 10.1. The molecule has 0 aliphatic carbocycles. The maximum Gasteiger partial charge on any atom is 0.258 e. The van der Waals surface area contributed by atoms with Gasteiger partial charge in [-0.15, -0.1) is 0 Å². The number of rotatable bonds is 3. The van der Waals surface area contributed by atoms with Crippen molar-refractivity contribution in [3.05, 3.63) is 83.6 Å². The predicted molar refractivity (Wildman–Crippen MR) is 114 cm³/mol. The molecule has 5 nitrogen and oxygen atoms in total. The average molecular weight is 401 g/mol. The van der Waals surface area contributed by atoms with Crippen LogP contribution in [-0.4, -0.2) is 29.1 Å². The van der Waals surface area contributed by atoms with E-state index in [1.54, 1.807) is 11.1 Å². The Balaban J connectivity index is 1.35. The summed E-state index contributed by atoms with van der Waals surface area (Å²) in [6.07, 6.45) is 2.64. The number of benzene rings is 2. The molecule has 0 N–H and O–H groups in total. The number of carbonyl (C=O) groups excluding carboxylic acids is 2. The molecule has 2 aliphatic heterocycles. The van der Waals surface area contributed by atoms with Crippen molar-refractivity contribution in [2.75, 3.05) is 22.1 Å². The van der Waals surface area contributed by atoms with E-state index in [-0.39, 0.29) is 11.8 Å². The number of pyridine rings is 1. The molecule has 0 atom stereocenters. The molecule has 0 saturated carbocycles. The number of aromatic nitrogens is 1. The summed E-state index contributed by atoms with van der Waals surface area (Å²) in [6, 6.07) is 19.4. The van der Waals surface area contributed by atoms with Gasteiger partial charge in [0.25, 0.3) is 5.91 Å². The minimum Gasteiger partial charge on any atom is -0.308 e. The van der Waals surface area contributed by atoms with Crippen LogP contribution in [0.2, 0.25) is 0 Å². The van der Waals surface area contributed by atoms with Crippen LogP contribution in [-0.2, 0) is 17.8 Å². The number of hydrogen-bond donors (Lipinski definition) is 0. The molecule has 0 unspecified atom stereocenters. The molecule has 29 heavy (non-hydrogen) atoms. The predicted octanol–water partition coefficient (Wildman–Crippen LogP) is 3.92. The fourth-order valence-corrected chi connectivity index (χ4v) is 4.73. The molecule has 0 bridgehead atoms. The van der Waals surface area contributed by atoms with Crippen molar-refractivity contribution in [1.29, 1.82) is 0 Å². The van der Waals surface area contributed by atoms with Gasteiger partial charge in [-0.25, -0.2) is 4.98 Å². The van der Waals surface area contributed by atoms with Crippen molar-refractivity contribution in [2.45, 2.75) is 18.0 Å². The first kappa shape index (κ1) is 17.9. The summed E-state index contributed by atoms with van der Waals surface area (Å²) in [6.45, 7) is 1.18. The molecule has 5 rings (SSSR count). The Bertz CT molecular complexity index is 1100. The Labute approximate surface area is 173 Å². The van der Waals surface area contributed by atoms with Gasteiger partial charge in [-0.2, -0.15) is 0 Å². The molecule has 6 heteroatoms. The number of hydrogen-bond acceptors (Lipinski definition) is 4. The SMILES string of the molecule is O=C(c1ccc(CN2C(=O)CSc3ncccc32)cc1)N1CCc2ccccc21. The smallest absolute Gasteiger partial charge is 0.258 e. The standard InChI is InChI=1S/C23H19N3O2S/c27-21-15-29-22-20(6-3-12-24-22)26(21)14-16-7-9-18(10-8-16)23(28)25-13-11-17-4-1-2-5-19(17)25/h1-10,12H,11,13-15H2. The zero-order valence-corrected chi connectivity index (χ0v) is 16.6. The van der Waals surface area contributed by atoms with Gasteiger partial charge in [-0.3, -0.25) is 9.59 Å². The van der Waals surface area contributed by atoms with Crippen molar-refractivity contribution >= 4 is 35.0 Å². The summed E-state index contributed by atoms with van der Waals surface area (Å²) < 4.78 is 0. The first-order valence-corrected chi connectivity index (χ1v) is 10.6. The van der Waals surface area contributed by atoms with E-state index in [4.69, 9.17) is 0 Å². The van der Waals surface area contributed by atoms with Gasteiger partial charge in [0.15, 0.2) is 0 Å². The normalized spacial score (nSPS) is 15.2. The maximum absolute atomic E-state index is 13.0. The Hall–Kier alpha value is -3.12. The number of anilines is 2. The molecular formula is C23H19N3O2S. The molecule has 2 aromatic carbocycles. The highest BCUT2D eigenvalue weighted by molar-refractivity contribution is 8.00. The summed E-state index contributed by atoms with van der Waals surface area (Å²) in [7, 11) is 0. The summed E-state index contributed by atoms with van der Waals surface area (Å²) in [5.41, 5.74) is 4.71. The second-order valence-electron chi connectivity index (χ2n) is 7.13. The molecule has 144 valence electrons. The monoisotopic (exact) mass is 401 g/mol. The van der Waals surface area contributed by atoms with Gasteiger partial charge < -0.3 is 9.80 Å². The second-order valence-corrected chi connectivity index (χ2v) is 8.09. The van der Waals surface area contributed by atoms with Crippen LogP contribution < -0.4 is 9.80 Å². The maximum atomic E-state index is 13.0. The molecule has 1 aromatic heterocycles. The Morgan fingerprint density at radius 1 is 1.00 bits per heavy atom. The number of thioether (sulfide) groups is 1. The van der Waals surface area contributed by atoms with Crippen LogP contribution in [0.25, 0.3) is 0 Å². The van der Waals surface area contributed by atoms with Gasteiger partial charge in [0, 0.05) is 24.0 Å². The van der Waals surface area contributed by atoms with Gasteiger partial charge in [0.05, 0.1) is 18.0 Å². The van der Waals surface area contributed by atoms with Crippen molar-refractivity contribution in [3.8, 4) is 0 Å². The van der Waals surface area contributed by atoms with Crippen LogP contribution in [0.15, 0.2) is 71.9 Å². The van der Waals surface area contributed by atoms with E-state index in [0.29, 0.717) is 24.4 Å². The van der Waals surface area contributed by atoms with Crippen molar-refractivity contribution in [2.24, 2.45) is 0 Å². The molecule has 0 radical (unpaired) electrons. The Kier molecular flexibility index (Phi) is 4.56. The third-order valence-corrected chi connectivity index (χ3v) is 6.33. The van der Waals surface area contributed by atoms with E-state index in [0.717, 1.165) is 28.4 Å². The van der Waals surface area contributed by atoms with E-state index in [1.807, 2.05) is 59.5 Å². The number of para-hydroxylation sites is 1. The number of fused-ring (bicyclic) bond motifs is 2. The van der Waals surface area contributed by atoms with Gasteiger partial charge in [0.1, 0.15) is 5.03 Å². The fourth-order valence-electron chi connectivity index (χ4n) is 3.86. The lowest BCUT2D eigenvalue weighted by Crippen LogP contribution is -2.35. The van der Waals surface area contributed by atoms with Crippen LogP contribution >= 0.6 is 11.8 Å². The molecular weight excluding hydrogens is 382 g/mol. The number of carbonyl (C=O) groups is 2. The quantitative estimate of drug-likeness (QED) is 0.667. The largest absolute Gasteiger partial charge is 0.308 e. The molecule has 0 saturated heterocycles. The third kappa shape index (κ3) is 3.29. The highest BCUT2D eigenvalue weighted by Gasteiger charge is 2.27. The number of nitrogens with zero attached hydrogens (tertiary/aromatic N) is 3. The first-order chi connectivity index (χ1) is 14.2. The van der Waals surface area contributed by atoms with Crippen LogP contribution in [0.4, 0.5) is 11.4 Å². The minimum absolute atomic E-state index is 0.0153. The minimum atomic E-state index is 0.0153. The van der Waals surface area contributed by atoms with Gasteiger partial charge >= 0.3 is 0 Å². The van der Waals surface area contributed by atoms with Gasteiger partial charge in [-0.1, -0.05) is 42.1 Å². The van der Waals surface area contributed by atoms with Gasteiger partial charge in [-0.05, 0) is 47.9 Å². The highest BCUT2D eigenvalue weighted by Crippen LogP contribution is 2.34. The highest BCUT2D eigenvalue weighted by atomic mass is 32.2. The topological polar surface area (TPSA) is 53.5 Å². The fraction of sp³-hybridized carbons (Fsp3) is 0.174. The van der Waals surface area contributed by atoms with Crippen LogP contribution in [0.1, 0.15) is 21.5 Å². The average Bonchev–Trinajstić information content (AvgIpc) is 3.20. The van der Waals surface area contributed by atoms with E-state index in [9.17, 15) is 9.59 Å². The lowest BCUT2D eigenvalue weighted by molar-refractivity contribution is -0.116. The molecule has 0 spiro atoms. The van der Waals surface area contributed by atoms with Crippen LogP contribution in [0, 0.1) is 0 Å². The van der Waals surface area contributed by atoms with Crippen molar-refractivity contribution < 1.29 is 9.59 Å². The Morgan fingerprint density at radius 2 is 1.79 bits per heavy atom. The molecule has 3 aromatic rings. The third-order valence-electron chi connectivity index (χ3n) is 5.35. The van der Waals surface area contributed by atoms with E-state index < -0.39 is 0 Å². The molecule has 2 amide bonds. The van der Waals surface area contributed by atoms with Crippen LogP contribution in [0.3, 0.4) is 0 Å². The van der Waals surface area contributed by atoms with Crippen molar-refractivity contribution in [1.82, 2.24) is 4.98 Å². The molecule has 2 aliphatic rings. The summed E-state index contributed by atoms with van der Waals surface area (Å²) >= 11 is 1.47. The molecule has 0 fully saturated rings. The van der Waals surface area contributed by atoms with Crippen molar-refractivity contribution in [3.63, 3.8) is 0 Å². The zero-order chi connectivity index (χ0) is 19.8. The summed E-state index contributed by atoms with van der Waals surface area (Å²) in [5, 5.41) is 0.881. The van der Waals surface area contributed by atoms with E-state index in [1.165, 1.54) is 17.3 Å². The molecule has 3 heterocycles. The zero-order valence-electron chi connectivity index (χ0n) is 15.7. The first-order valence-electron chi connectivity index (χ1n) is 9.57. The summed E-state index contributed by atoms with van der Waals surface area (Å²) in [4.78, 5) is 33.4. The summed E-state index contributed by atoms with van der Waals surface area (Å²) in [5.74, 6) is 0.486. The van der Waals surface area contributed by atoms with Gasteiger partial charge in [0.2, 0.25) is 5.91 Å². The number of amides is 2. The lowest BCUT2D eigenvalue weighted by Gasteiger charge is -2.28.